The second kappa shape index (κ2) is 7.62. The number of halogens is 1. The predicted molar refractivity (Wildman–Crippen MR) is 48.2 cm³/mol. The van der Waals surface area contributed by atoms with Gasteiger partial charge in [-0.25, -0.2) is 4.39 Å². The molecule has 0 aromatic heterocycles. The molecule has 0 aromatic carbocycles. The maximum Gasteiger partial charge on any atom is 0.126 e. The van der Waals surface area contributed by atoms with E-state index in [4.69, 9.17) is 0 Å². The Hall–Kier alpha value is -0.490. The summed E-state index contributed by atoms with van der Waals surface area (Å²) in [6, 6.07) is 0. The van der Waals surface area contributed by atoms with Crippen molar-refractivity contribution in [1.82, 2.24) is 0 Å². The molecule has 1 unspecified atom stereocenters. The lowest BCUT2D eigenvalue weighted by Crippen LogP contribution is -1.75. The Labute approximate surface area is 68.6 Å². The summed E-state index contributed by atoms with van der Waals surface area (Å²) < 4.78 is 12.4. The molecule has 0 aliphatic heterocycles. The number of allylic oxidation sites excluding steroid dienone is 4. The molecule has 0 heterocycles. The summed E-state index contributed by atoms with van der Waals surface area (Å²) in [5, 5.41) is 0. The van der Waals surface area contributed by atoms with Crippen LogP contribution in [0.5, 0.6) is 0 Å². The van der Waals surface area contributed by atoms with E-state index in [9.17, 15) is 9.18 Å². The van der Waals surface area contributed by atoms with E-state index in [0.29, 0.717) is 12.7 Å². The Morgan fingerprint density at radius 1 is 1.45 bits per heavy atom. The van der Waals surface area contributed by atoms with Gasteiger partial charge in [-0.3, -0.25) is 0 Å². The van der Waals surface area contributed by atoms with Crippen LogP contribution in [0.2, 0.25) is 0 Å². The van der Waals surface area contributed by atoms with Gasteiger partial charge in [0.2, 0.25) is 0 Å². The first-order valence-corrected chi connectivity index (χ1v) is 4.26. The molecule has 0 aromatic rings. The molecule has 11 heavy (non-hydrogen) atoms. The zero-order chi connectivity index (χ0) is 8.53. The van der Waals surface area contributed by atoms with Crippen LogP contribution in [0.3, 0.4) is 0 Å². The zero-order valence-electron chi connectivity index (χ0n) is 6.29. The van der Waals surface area contributed by atoms with Crippen LogP contribution >= 0.6 is 9.24 Å². The molecule has 3 heteroatoms. The number of carbonyl (C=O) groups is 1. The second-order valence-corrected chi connectivity index (χ2v) is 2.44. The van der Waals surface area contributed by atoms with Crippen molar-refractivity contribution in [2.45, 2.75) is 12.8 Å². The minimum absolute atomic E-state index is 0.102. The number of hydrogen-bond donors (Lipinski definition) is 0. The van der Waals surface area contributed by atoms with E-state index >= 15 is 0 Å². The quantitative estimate of drug-likeness (QED) is 0.355. The number of carbonyl (C=O) groups excluding carboxylic acids is 1. The molecule has 0 aliphatic rings. The topological polar surface area (TPSA) is 17.1 Å². The van der Waals surface area contributed by atoms with Crippen molar-refractivity contribution in [3.05, 3.63) is 24.1 Å². The van der Waals surface area contributed by atoms with Gasteiger partial charge in [-0.05, 0) is 18.7 Å². The van der Waals surface area contributed by atoms with Gasteiger partial charge in [0.05, 0.1) is 6.42 Å². The Morgan fingerprint density at radius 2 is 2.18 bits per heavy atom. The van der Waals surface area contributed by atoms with Crippen LogP contribution in [0.15, 0.2) is 24.1 Å². The fourth-order valence-corrected chi connectivity index (χ4v) is 0.744. The molecule has 0 aliphatic carbocycles. The molecule has 1 atom stereocenters. The Balaban J connectivity index is 3.54. The molecule has 0 amide bonds. The third-order valence-corrected chi connectivity index (χ3v) is 1.33. The molecule has 0 fully saturated rings. The van der Waals surface area contributed by atoms with E-state index in [2.05, 4.69) is 9.24 Å². The lowest BCUT2D eigenvalue weighted by atomic mass is 10.3. The van der Waals surface area contributed by atoms with E-state index in [0.717, 1.165) is 6.16 Å². The van der Waals surface area contributed by atoms with Gasteiger partial charge in [-0.1, -0.05) is 12.2 Å². The normalized spacial score (nSPS) is 12.4. The fourth-order valence-electron chi connectivity index (χ4n) is 0.551. The second-order valence-electron chi connectivity index (χ2n) is 1.96. The van der Waals surface area contributed by atoms with Gasteiger partial charge in [0, 0.05) is 0 Å². The van der Waals surface area contributed by atoms with Crippen LogP contribution in [0.25, 0.3) is 0 Å². The average Bonchev–Trinajstić information content (AvgIpc) is 1.99. The minimum Gasteiger partial charge on any atom is -0.303 e. The van der Waals surface area contributed by atoms with Crippen molar-refractivity contribution in [3.8, 4) is 0 Å². The maximum absolute atomic E-state index is 12.4. The molecule has 0 bridgehead atoms. The summed E-state index contributed by atoms with van der Waals surface area (Å²) in [6.45, 7) is 0. The summed E-state index contributed by atoms with van der Waals surface area (Å²) >= 11 is 0. The van der Waals surface area contributed by atoms with Crippen molar-refractivity contribution >= 4 is 15.5 Å². The van der Waals surface area contributed by atoms with Crippen LogP contribution < -0.4 is 0 Å². The van der Waals surface area contributed by atoms with Gasteiger partial charge in [-0.2, -0.15) is 0 Å². The van der Waals surface area contributed by atoms with E-state index in [1.807, 2.05) is 12.2 Å². The summed E-state index contributed by atoms with van der Waals surface area (Å²) in [4.78, 5) is 9.80. The van der Waals surface area contributed by atoms with E-state index < -0.39 is 0 Å². The molecule has 62 valence electrons. The summed E-state index contributed by atoms with van der Waals surface area (Å²) in [5.41, 5.74) is 0. The molecule has 0 spiro atoms. The predicted octanol–water partition coefficient (Wildman–Crippen LogP) is 2.25. The number of rotatable bonds is 5. The van der Waals surface area contributed by atoms with E-state index in [1.165, 1.54) is 6.08 Å². The lowest BCUT2D eigenvalue weighted by molar-refractivity contribution is -0.107. The Morgan fingerprint density at radius 3 is 2.73 bits per heavy atom. The van der Waals surface area contributed by atoms with Gasteiger partial charge < -0.3 is 4.79 Å². The van der Waals surface area contributed by atoms with Crippen LogP contribution in [0.1, 0.15) is 12.8 Å². The van der Waals surface area contributed by atoms with Crippen molar-refractivity contribution < 1.29 is 9.18 Å². The first-order valence-electron chi connectivity index (χ1n) is 3.44. The van der Waals surface area contributed by atoms with Crippen LogP contribution in [-0.2, 0) is 4.79 Å². The molecular formula is C8H12FOP. The lowest BCUT2D eigenvalue weighted by Gasteiger charge is -1.85. The van der Waals surface area contributed by atoms with Gasteiger partial charge in [0.25, 0.3) is 0 Å². The Kier molecular flexibility index (Phi) is 7.28. The van der Waals surface area contributed by atoms with Gasteiger partial charge >= 0.3 is 0 Å². The van der Waals surface area contributed by atoms with Crippen LogP contribution in [0.4, 0.5) is 4.39 Å². The van der Waals surface area contributed by atoms with Gasteiger partial charge in [-0.15, -0.1) is 9.24 Å². The molecule has 0 saturated heterocycles. The largest absolute Gasteiger partial charge is 0.303 e. The first kappa shape index (κ1) is 10.5. The molecule has 0 saturated carbocycles. The van der Waals surface area contributed by atoms with Crippen molar-refractivity contribution in [1.29, 1.82) is 0 Å². The highest BCUT2D eigenvalue weighted by Gasteiger charge is 1.88. The van der Waals surface area contributed by atoms with Crippen LogP contribution in [-0.4, -0.2) is 12.4 Å². The van der Waals surface area contributed by atoms with Crippen molar-refractivity contribution in [2.24, 2.45) is 0 Å². The fraction of sp³-hybridized carbons (Fsp3) is 0.375. The number of aldehydes is 1. The number of hydrogen-bond acceptors (Lipinski definition) is 1. The molecular weight excluding hydrogens is 162 g/mol. The Bertz CT molecular complexity index is 163. The highest BCUT2D eigenvalue weighted by molar-refractivity contribution is 7.16. The van der Waals surface area contributed by atoms with Crippen molar-refractivity contribution in [2.75, 3.05) is 6.16 Å². The third kappa shape index (κ3) is 7.41. The standard InChI is InChI=1S/C8H12FOP/c9-8(5-6-10)4-2-1-3-7-11/h1,3-4,6H,2,5,7,11H2/b3-1-,8-4+. The zero-order valence-corrected chi connectivity index (χ0v) is 7.45. The average molecular weight is 174 g/mol. The molecule has 0 rings (SSSR count). The van der Waals surface area contributed by atoms with Crippen LogP contribution in [0, 0.1) is 0 Å². The van der Waals surface area contributed by atoms with E-state index in [1.54, 1.807) is 0 Å². The molecule has 0 N–H and O–H groups in total. The van der Waals surface area contributed by atoms with Gasteiger partial charge in [0.1, 0.15) is 12.1 Å². The SMILES string of the molecule is O=CC/C(F)=C\C/C=C\CP. The third-order valence-electron chi connectivity index (χ3n) is 1.06. The monoisotopic (exact) mass is 174 g/mol. The maximum atomic E-state index is 12.4. The smallest absolute Gasteiger partial charge is 0.126 e. The highest BCUT2D eigenvalue weighted by atomic mass is 31.0. The van der Waals surface area contributed by atoms with Crippen molar-refractivity contribution in [3.63, 3.8) is 0 Å². The first-order chi connectivity index (χ1) is 5.31. The summed E-state index contributed by atoms with van der Waals surface area (Å²) in [7, 11) is 2.54. The highest BCUT2D eigenvalue weighted by Crippen LogP contribution is 2.02. The minimum atomic E-state index is -0.353. The molecule has 0 radical (unpaired) electrons. The summed E-state index contributed by atoms with van der Waals surface area (Å²) in [6.07, 6.45) is 7.09. The summed E-state index contributed by atoms with van der Waals surface area (Å²) in [5.74, 6) is -0.353. The molecule has 1 nitrogen and oxygen atoms in total. The van der Waals surface area contributed by atoms with E-state index in [-0.39, 0.29) is 12.2 Å². The van der Waals surface area contributed by atoms with Gasteiger partial charge in [0.15, 0.2) is 0 Å².